The van der Waals surface area contributed by atoms with Crippen molar-refractivity contribution in [1.82, 2.24) is 0 Å². The Bertz CT molecular complexity index is 439. The van der Waals surface area contributed by atoms with Gasteiger partial charge >= 0.3 is 5.97 Å². The van der Waals surface area contributed by atoms with Gasteiger partial charge < -0.3 is 15.2 Å². The van der Waals surface area contributed by atoms with Crippen molar-refractivity contribution in [3.63, 3.8) is 0 Å². The standard InChI is InChI=1S/C16H23NO3/c1-2-20-16(19)12-7-9-14(10-8-12)17-15-6-4-3-5-13(15)11-18/h3-6,12,14,17-18H,2,7-11H2,1H3. The van der Waals surface area contributed by atoms with Gasteiger partial charge in [0.2, 0.25) is 0 Å². The van der Waals surface area contributed by atoms with Gasteiger partial charge in [0.15, 0.2) is 0 Å². The number of nitrogens with one attached hydrogen (secondary N) is 1. The average Bonchev–Trinajstić information content (AvgIpc) is 2.49. The van der Waals surface area contributed by atoms with Crippen molar-refractivity contribution in [3.8, 4) is 0 Å². The van der Waals surface area contributed by atoms with E-state index in [0.29, 0.717) is 12.6 Å². The van der Waals surface area contributed by atoms with Crippen LogP contribution in [0, 0.1) is 5.92 Å². The van der Waals surface area contributed by atoms with Crippen molar-refractivity contribution in [2.75, 3.05) is 11.9 Å². The SMILES string of the molecule is CCOC(=O)C1CCC(Nc2ccccc2CO)CC1. The molecule has 20 heavy (non-hydrogen) atoms. The third-order valence-corrected chi connectivity index (χ3v) is 3.89. The Morgan fingerprint density at radius 1 is 1.30 bits per heavy atom. The lowest BCUT2D eigenvalue weighted by atomic mass is 9.86. The summed E-state index contributed by atoms with van der Waals surface area (Å²) in [5, 5.41) is 12.8. The van der Waals surface area contributed by atoms with E-state index in [0.717, 1.165) is 36.9 Å². The van der Waals surface area contributed by atoms with E-state index in [9.17, 15) is 9.90 Å². The van der Waals surface area contributed by atoms with Crippen LogP contribution in [-0.4, -0.2) is 23.7 Å². The second kappa shape index (κ2) is 7.29. The van der Waals surface area contributed by atoms with Crippen LogP contribution >= 0.6 is 0 Å². The molecule has 4 nitrogen and oxygen atoms in total. The molecule has 4 heteroatoms. The normalized spacial score (nSPS) is 22.3. The highest BCUT2D eigenvalue weighted by Gasteiger charge is 2.27. The van der Waals surface area contributed by atoms with Gasteiger partial charge in [0.05, 0.1) is 19.1 Å². The molecular weight excluding hydrogens is 254 g/mol. The molecule has 0 aliphatic heterocycles. The van der Waals surface area contributed by atoms with Crippen LogP contribution in [0.15, 0.2) is 24.3 Å². The predicted octanol–water partition coefficient (Wildman–Crippen LogP) is 2.71. The van der Waals surface area contributed by atoms with Crippen molar-refractivity contribution < 1.29 is 14.6 Å². The first-order valence-corrected chi connectivity index (χ1v) is 7.36. The topological polar surface area (TPSA) is 58.6 Å². The molecule has 0 spiro atoms. The van der Waals surface area contributed by atoms with Crippen molar-refractivity contribution in [3.05, 3.63) is 29.8 Å². The smallest absolute Gasteiger partial charge is 0.308 e. The minimum Gasteiger partial charge on any atom is -0.466 e. The molecule has 1 aliphatic rings. The zero-order valence-electron chi connectivity index (χ0n) is 12.0. The number of benzene rings is 1. The number of rotatable bonds is 5. The summed E-state index contributed by atoms with van der Waals surface area (Å²) in [5.74, 6) is 0.00259. The molecule has 0 bridgehead atoms. The monoisotopic (exact) mass is 277 g/mol. The number of esters is 1. The van der Waals surface area contributed by atoms with Crippen molar-refractivity contribution in [1.29, 1.82) is 0 Å². The van der Waals surface area contributed by atoms with Gasteiger partial charge in [-0.1, -0.05) is 18.2 Å². The van der Waals surface area contributed by atoms with Gasteiger partial charge in [-0.15, -0.1) is 0 Å². The lowest BCUT2D eigenvalue weighted by molar-refractivity contribution is -0.149. The minimum atomic E-state index is -0.0540. The van der Waals surface area contributed by atoms with Crippen molar-refractivity contribution >= 4 is 11.7 Å². The van der Waals surface area contributed by atoms with E-state index in [1.165, 1.54) is 0 Å². The Kier molecular flexibility index (Phi) is 5.41. The van der Waals surface area contributed by atoms with Crippen molar-refractivity contribution in [2.24, 2.45) is 5.92 Å². The maximum Gasteiger partial charge on any atom is 0.308 e. The molecule has 0 aromatic heterocycles. The number of aliphatic hydroxyl groups is 1. The summed E-state index contributed by atoms with van der Waals surface area (Å²) in [6, 6.07) is 8.17. The minimum absolute atomic E-state index is 0.0430. The van der Waals surface area contributed by atoms with Crippen LogP contribution in [0.5, 0.6) is 0 Å². The van der Waals surface area contributed by atoms with E-state index in [2.05, 4.69) is 5.32 Å². The number of para-hydroxylation sites is 1. The van der Waals surface area contributed by atoms with E-state index >= 15 is 0 Å². The first-order chi connectivity index (χ1) is 9.74. The maximum atomic E-state index is 11.7. The van der Waals surface area contributed by atoms with Gasteiger partial charge in [0.1, 0.15) is 0 Å². The highest BCUT2D eigenvalue weighted by molar-refractivity contribution is 5.72. The van der Waals surface area contributed by atoms with E-state index in [-0.39, 0.29) is 18.5 Å². The number of carbonyl (C=O) groups is 1. The van der Waals surface area contributed by atoms with Gasteiger partial charge in [-0.05, 0) is 38.7 Å². The van der Waals surface area contributed by atoms with E-state index < -0.39 is 0 Å². The molecule has 1 aliphatic carbocycles. The van der Waals surface area contributed by atoms with Gasteiger partial charge in [-0.2, -0.15) is 0 Å². The van der Waals surface area contributed by atoms with E-state index in [4.69, 9.17) is 4.74 Å². The molecular formula is C16H23NO3. The Hall–Kier alpha value is -1.55. The highest BCUT2D eigenvalue weighted by atomic mass is 16.5. The highest BCUT2D eigenvalue weighted by Crippen LogP contribution is 2.28. The summed E-state index contributed by atoms with van der Waals surface area (Å²) in [5.41, 5.74) is 1.91. The summed E-state index contributed by atoms with van der Waals surface area (Å²) in [6.07, 6.45) is 3.67. The van der Waals surface area contributed by atoms with Crippen LogP contribution < -0.4 is 5.32 Å². The van der Waals surface area contributed by atoms with Crippen LogP contribution in [0.25, 0.3) is 0 Å². The van der Waals surface area contributed by atoms with Crippen LogP contribution in [0.1, 0.15) is 38.2 Å². The fraction of sp³-hybridized carbons (Fsp3) is 0.562. The molecule has 0 radical (unpaired) electrons. The third-order valence-electron chi connectivity index (χ3n) is 3.89. The van der Waals surface area contributed by atoms with Gasteiger partial charge in [0.25, 0.3) is 0 Å². The molecule has 110 valence electrons. The molecule has 1 aromatic carbocycles. The second-order valence-corrected chi connectivity index (χ2v) is 5.26. The number of anilines is 1. The third kappa shape index (κ3) is 3.73. The predicted molar refractivity (Wildman–Crippen MR) is 78.4 cm³/mol. The fourth-order valence-electron chi connectivity index (χ4n) is 2.75. The molecule has 1 aromatic rings. The molecule has 0 heterocycles. The number of carbonyl (C=O) groups excluding carboxylic acids is 1. The number of hydrogen-bond acceptors (Lipinski definition) is 4. The number of ether oxygens (including phenoxy) is 1. The van der Waals surface area contributed by atoms with Crippen molar-refractivity contribution in [2.45, 2.75) is 45.3 Å². The van der Waals surface area contributed by atoms with E-state index in [1.807, 2.05) is 31.2 Å². The average molecular weight is 277 g/mol. The molecule has 0 unspecified atom stereocenters. The first kappa shape index (κ1) is 14.9. The van der Waals surface area contributed by atoms with Gasteiger partial charge in [-0.3, -0.25) is 4.79 Å². The summed E-state index contributed by atoms with van der Waals surface area (Å²) >= 11 is 0. The zero-order valence-corrected chi connectivity index (χ0v) is 12.0. The Labute approximate surface area is 120 Å². The molecule has 1 saturated carbocycles. The van der Waals surface area contributed by atoms with Crippen LogP contribution in [0.2, 0.25) is 0 Å². The lowest BCUT2D eigenvalue weighted by Crippen LogP contribution is -2.30. The van der Waals surface area contributed by atoms with Gasteiger partial charge in [-0.25, -0.2) is 0 Å². The molecule has 0 saturated heterocycles. The molecule has 0 atom stereocenters. The molecule has 2 rings (SSSR count). The van der Waals surface area contributed by atoms with Crippen LogP contribution in [0.4, 0.5) is 5.69 Å². The molecule has 1 fully saturated rings. The quantitative estimate of drug-likeness (QED) is 0.812. The molecule has 2 N–H and O–H groups in total. The van der Waals surface area contributed by atoms with Gasteiger partial charge in [0, 0.05) is 17.3 Å². The maximum absolute atomic E-state index is 11.7. The summed E-state index contributed by atoms with van der Waals surface area (Å²) < 4.78 is 5.08. The number of hydrogen-bond donors (Lipinski definition) is 2. The number of aliphatic hydroxyl groups excluding tert-OH is 1. The summed E-state index contributed by atoms with van der Waals surface area (Å²) in [7, 11) is 0. The Morgan fingerprint density at radius 2 is 2.00 bits per heavy atom. The largest absolute Gasteiger partial charge is 0.466 e. The Balaban J connectivity index is 1.87. The molecule has 0 amide bonds. The van der Waals surface area contributed by atoms with Crippen LogP contribution in [-0.2, 0) is 16.1 Å². The second-order valence-electron chi connectivity index (χ2n) is 5.26. The first-order valence-electron chi connectivity index (χ1n) is 7.36. The zero-order chi connectivity index (χ0) is 14.4. The Morgan fingerprint density at radius 3 is 2.65 bits per heavy atom. The summed E-state index contributed by atoms with van der Waals surface area (Å²) in [4.78, 5) is 11.7. The fourth-order valence-corrected chi connectivity index (χ4v) is 2.75. The van der Waals surface area contributed by atoms with Crippen LogP contribution in [0.3, 0.4) is 0 Å². The van der Waals surface area contributed by atoms with E-state index in [1.54, 1.807) is 0 Å². The summed E-state index contributed by atoms with van der Waals surface area (Å²) in [6.45, 7) is 2.35. The lowest BCUT2D eigenvalue weighted by Gasteiger charge is -2.29.